The van der Waals surface area contributed by atoms with Gasteiger partial charge in [-0.1, -0.05) is 33.2 Å². The average molecular weight is 422 g/mol. The van der Waals surface area contributed by atoms with Gasteiger partial charge in [0.1, 0.15) is 0 Å². The second-order valence-electron chi connectivity index (χ2n) is 5.40. The van der Waals surface area contributed by atoms with Gasteiger partial charge < -0.3 is 4.52 Å². The third-order valence-corrected chi connectivity index (χ3v) is 5.37. The van der Waals surface area contributed by atoms with Crippen molar-refractivity contribution < 1.29 is 12.9 Å². The van der Waals surface area contributed by atoms with Crippen LogP contribution in [0.2, 0.25) is 0 Å². The number of halogens is 1. The van der Waals surface area contributed by atoms with Crippen LogP contribution in [-0.4, -0.2) is 24.3 Å². The summed E-state index contributed by atoms with van der Waals surface area (Å²) in [5, 5.41) is 3.99. The van der Waals surface area contributed by atoms with Crippen LogP contribution in [0.3, 0.4) is 0 Å². The number of nitrogens with zero attached hydrogens (tertiary/aromatic N) is 2. The third-order valence-electron chi connectivity index (χ3n) is 3.53. The van der Waals surface area contributed by atoms with E-state index in [0.717, 1.165) is 15.6 Å². The quantitative estimate of drug-likeness (QED) is 0.652. The van der Waals surface area contributed by atoms with Gasteiger partial charge in [0, 0.05) is 15.7 Å². The molecule has 25 heavy (non-hydrogen) atoms. The van der Waals surface area contributed by atoms with Gasteiger partial charge in [-0.25, -0.2) is 8.42 Å². The molecule has 0 fully saturated rings. The second kappa shape index (κ2) is 7.37. The molecule has 3 rings (SSSR count). The molecule has 8 heteroatoms. The highest BCUT2D eigenvalue weighted by Gasteiger charge is 2.11. The maximum atomic E-state index is 11.6. The van der Waals surface area contributed by atoms with Crippen LogP contribution in [-0.2, 0) is 16.4 Å². The zero-order valence-corrected chi connectivity index (χ0v) is 15.8. The molecule has 0 aliphatic carbocycles. The standard InChI is InChI=1S/C17H16BrN3O3S/c1-2-25(22,23)21-15-9-5-13(6-10-15)17-19-16(24-20-17)11-12-3-7-14(18)8-4-12/h3-10,21H,2,11H2,1H3. The molecule has 0 amide bonds. The number of sulfonamides is 1. The first kappa shape index (κ1) is 17.6. The summed E-state index contributed by atoms with van der Waals surface area (Å²) in [6.45, 7) is 1.59. The molecule has 0 atom stereocenters. The van der Waals surface area contributed by atoms with Gasteiger partial charge in [0.25, 0.3) is 0 Å². The van der Waals surface area contributed by atoms with E-state index in [0.29, 0.717) is 23.8 Å². The molecule has 0 unspecified atom stereocenters. The first-order valence-electron chi connectivity index (χ1n) is 7.63. The summed E-state index contributed by atoms with van der Waals surface area (Å²) in [5.74, 6) is 1.02. The SMILES string of the molecule is CCS(=O)(=O)Nc1ccc(-c2noc(Cc3ccc(Br)cc3)n2)cc1. The van der Waals surface area contributed by atoms with Crippen LogP contribution in [0.1, 0.15) is 18.4 Å². The summed E-state index contributed by atoms with van der Waals surface area (Å²) in [6.07, 6.45) is 0.550. The van der Waals surface area contributed by atoms with E-state index in [2.05, 4.69) is 30.8 Å². The van der Waals surface area contributed by atoms with Gasteiger partial charge in [-0.2, -0.15) is 4.98 Å². The molecule has 6 nitrogen and oxygen atoms in total. The number of hydrogen-bond donors (Lipinski definition) is 1. The van der Waals surface area contributed by atoms with Crippen LogP contribution < -0.4 is 4.72 Å². The van der Waals surface area contributed by atoms with Gasteiger partial charge in [0.15, 0.2) is 0 Å². The zero-order chi connectivity index (χ0) is 17.9. The van der Waals surface area contributed by atoms with E-state index < -0.39 is 10.0 Å². The minimum Gasteiger partial charge on any atom is -0.339 e. The molecule has 1 heterocycles. The van der Waals surface area contributed by atoms with E-state index in [1.807, 2.05) is 24.3 Å². The fraction of sp³-hybridized carbons (Fsp3) is 0.176. The molecule has 130 valence electrons. The van der Waals surface area contributed by atoms with Crippen molar-refractivity contribution in [3.63, 3.8) is 0 Å². The van der Waals surface area contributed by atoms with Crippen LogP contribution in [0.15, 0.2) is 57.5 Å². The summed E-state index contributed by atoms with van der Waals surface area (Å²) < 4.78 is 31.9. The summed E-state index contributed by atoms with van der Waals surface area (Å²) >= 11 is 3.40. The Kier molecular flexibility index (Phi) is 5.19. The molecule has 3 aromatic rings. The Morgan fingerprint density at radius 3 is 2.40 bits per heavy atom. The van der Waals surface area contributed by atoms with Gasteiger partial charge in [0.05, 0.1) is 12.2 Å². The Hall–Kier alpha value is -2.19. The number of benzene rings is 2. The normalized spacial score (nSPS) is 11.4. The monoisotopic (exact) mass is 421 g/mol. The molecule has 1 aromatic heterocycles. The third kappa shape index (κ3) is 4.67. The molecule has 2 aromatic carbocycles. The average Bonchev–Trinajstić information content (AvgIpc) is 3.06. The molecule has 0 bridgehead atoms. The van der Waals surface area contributed by atoms with Gasteiger partial charge >= 0.3 is 0 Å². The molecule has 0 radical (unpaired) electrons. The highest BCUT2D eigenvalue weighted by molar-refractivity contribution is 9.10. The molecule has 0 spiro atoms. The van der Waals surface area contributed by atoms with Crippen molar-refractivity contribution in [2.24, 2.45) is 0 Å². The second-order valence-corrected chi connectivity index (χ2v) is 8.32. The minimum absolute atomic E-state index is 0.0268. The molecular formula is C17H16BrN3O3S. The van der Waals surface area contributed by atoms with E-state index >= 15 is 0 Å². The number of aromatic nitrogens is 2. The van der Waals surface area contributed by atoms with Crippen molar-refractivity contribution in [3.8, 4) is 11.4 Å². The fourth-order valence-electron chi connectivity index (χ4n) is 2.16. The van der Waals surface area contributed by atoms with Crippen LogP contribution in [0, 0.1) is 0 Å². The maximum absolute atomic E-state index is 11.6. The highest BCUT2D eigenvalue weighted by atomic mass is 79.9. The van der Waals surface area contributed by atoms with Gasteiger partial charge in [-0.15, -0.1) is 0 Å². The lowest BCUT2D eigenvalue weighted by molar-refractivity contribution is 0.385. The molecule has 0 aliphatic rings. The van der Waals surface area contributed by atoms with E-state index in [1.165, 1.54) is 0 Å². The lowest BCUT2D eigenvalue weighted by Crippen LogP contribution is -2.14. The Balaban J connectivity index is 1.72. The van der Waals surface area contributed by atoms with Gasteiger partial charge in [0.2, 0.25) is 21.7 Å². The first-order chi connectivity index (χ1) is 11.9. The van der Waals surface area contributed by atoms with E-state index in [4.69, 9.17) is 4.52 Å². The van der Waals surface area contributed by atoms with E-state index in [-0.39, 0.29) is 5.75 Å². The van der Waals surface area contributed by atoms with Crippen molar-refractivity contribution in [1.82, 2.24) is 10.1 Å². The lowest BCUT2D eigenvalue weighted by Gasteiger charge is -2.05. The molecule has 0 saturated carbocycles. The van der Waals surface area contributed by atoms with E-state index in [9.17, 15) is 8.42 Å². The van der Waals surface area contributed by atoms with Crippen LogP contribution in [0.5, 0.6) is 0 Å². The van der Waals surface area contributed by atoms with Crippen molar-refractivity contribution in [1.29, 1.82) is 0 Å². The molecule has 0 saturated heterocycles. The smallest absolute Gasteiger partial charge is 0.232 e. The van der Waals surface area contributed by atoms with Crippen LogP contribution in [0.4, 0.5) is 5.69 Å². The molecule has 0 aliphatic heterocycles. The van der Waals surface area contributed by atoms with Gasteiger partial charge in [-0.3, -0.25) is 4.72 Å². The number of hydrogen-bond acceptors (Lipinski definition) is 5. The van der Waals surface area contributed by atoms with Gasteiger partial charge in [-0.05, 0) is 48.9 Å². The Morgan fingerprint density at radius 2 is 1.76 bits per heavy atom. The van der Waals surface area contributed by atoms with E-state index in [1.54, 1.807) is 31.2 Å². The largest absolute Gasteiger partial charge is 0.339 e. The lowest BCUT2D eigenvalue weighted by atomic mass is 10.1. The van der Waals surface area contributed by atoms with Crippen LogP contribution >= 0.6 is 15.9 Å². The first-order valence-corrected chi connectivity index (χ1v) is 10.1. The summed E-state index contributed by atoms with van der Waals surface area (Å²) in [6, 6.07) is 14.8. The minimum atomic E-state index is -3.29. The summed E-state index contributed by atoms with van der Waals surface area (Å²) in [4.78, 5) is 4.39. The van der Waals surface area contributed by atoms with Crippen LogP contribution in [0.25, 0.3) is 11.4 Å². The number of rotatable bonds is 6. The predicted molar refractivity (Wildman–Crippen MR) is 99.8 cm³/mol. The zero-order valence-electron chi connectivity index (χ0n) is 13.4. The number of nitrogens with one attached hydrogen (secondary N) is 1. The topological polar surface area (TPSA) is 85.1 Å². The van der Waals surface area contributed by atoms with Crippen molar-refractivity contribution in [2.45, 2.75) is 13.3 Å². The highest BCUT2D eigenvalue weighted by Crippen LogP contribution is 2.20. The number of anilines is 1. The summed E-state index contributed by atoms with van der Waals surface area (Å²) in [5.41, 5.74) is 2.33. The Bertz CT molecular complexity index is 952. The maximum Gasteiger partial charge on any atom is 0.232 e. The summed E-state index contributed by atoms with van der Waals surface area (Å²) in [7, 11) is -3.29. The predicted octanol–water partition coefficient (Wildman–Crippen LogP) is 3.85. The fourth-order valence-corrected chi connectivity index (χ4v) is 3.06. The van der Waals surface area contributed by atoms with Crippen molar-refractivity contribution >= 4 is 31.6 Å². The molecule has 1 N–H and O–H groups in total. The molecular weight excluding hydrogens is 406 g/mol. The Morgan fingerprint density at radius 1 is 1.08 bits per heavy atom. The van der Waals surface area contributed by atoms with Crippen molar-refractivity contribution in [3.05, 3.63) is 64.5 Å². The van der Waals surface area contributed by atoms with Crippen molar-refractivity contribution in [2.75, 3.05) is 10.5 Å². The Labute approximate surface area is 154 Å².